The normalized spacial score (nSPS) is 25.2. The number of nitrogens with one attached hydrogen (secondary N) is 1. The number of rotatable bonds is 6. The molecule has 4 atom stereocenters. The molecule has 2 N–H and O–H groups in total. The molecule has 0 radical (unpaired) electrons. The van der Waals surface area contributed by atoms with E-state index in [1.54, 1.807) is 0 Å². The van der Waals surface area contributed by atoms with Crippen LogP contribution in [0.4, 0.5) is 4.79 Å². The number of carbonyl (C=O) groups excluding carboxylic acids is 2. The molecule has 5 rings (SSSR count). The summed E-state index contributed by atoms with van der Waals surface area (Å²) in [6, 6.07) is 15.5. The van der Waals surface area contributed by atoms with Crippen molar-refractivity contribution in [1.29, 1.82) is 0 Å². The lowest BCUT2D eigenvalue weighted by Crippen LogP contribution is -2.46. The molecule has 184 valence electrons. The number of aliphatic carboxylic acids is 1. The van der Waals surface area contributed by atoms with E-state index in [2.05, 4.69) is 29.6 Å². The van der Waals surface area contributed by atoms with Crippen LogP contribution in [0.25, 0.3) is 11.1 Å². The van der Waals surface area contributed by atoms with Gasteiger partial charge in [0.2, 0.25) is 5.91 Å². The summed E-state index contributed by atoms with van der Waals surface area (Å²) in [6.45, 7) is 2.12. The smallest absolute Gasteiger partial charge is 0.407 e. The highest BCUT2D eigenvalue weighted by Gasteiger charge is 2.41. The van der Waals surface area contributed by atoms with Crippen molar-refractivity contribution in [3.63, 3.8) is 0 Å². The SMILES string of the molecule is CC1SCC(C(=O)O)N1C(=O)C[C@@H]1CCC[C@H]1NC(=O)OCC1c2ccccc2-c2ccccc21. The first-order valence-electron chi connectivity index (χ1n) is 12.2. The van der Waals surface area contributed by atoms with Gasteiger partial charge in [0.25, 0.3) is 0 Å². The first-order chi connectivity index (χ1) is 16.9. The van der Waals surface area contributed by atoms with Crippen LogP contribution in [-0.2, 0) is 14.3 Å². The molecule has 2 aliphatic carbocycles. The highest BCUT2D eigenvalue weighted by Crippen LogP contribution is 2.44. The first-order valence-corrected chi connectivity index (χ1v) is 13.3. The number of nitrogens with zero attached hydrogens (tertiary/aromatic N) is 1. The van der Waals surface area contributed by atoms with Gasteiger partial charge in [-0.25, -0.2) is 9.59 Å². The molecule has 8 heteroatoms. The number of carboxylic acid groups (broad SMARTS) is 1. The predicted molar refractivity (Wildman–Crippen MR) is 134 cm³/mol. The molecule has 2 unspecified atom stereocenters. The van der Waals surface area contributed by atoms with Crippen LogP contribution in [0, 0.1) is 5.92 Å². The Morgan fingerprint density at radius 2 is 1.71 bits per heavy atom. The van der Waals surface area contributed by atoms with Crippen molar-refractivity contribution in [3.05, 3.63) is 59.7 Å². The van der Waals surface area contributed by atoms with Crippen molar-refractivity contribution < 1.29 is 24.2 Å². The van der Waals surface area contributed by atoms with Crippen molar-refractivity contribution in [3.8, 4) is 11.1 Å². The highest BCUT2D eigenvalue weighted by atomic mass is 32.2. The number of amides is 2. The lowest BCUT2D eigenvalue weighted by Gasteiger charge is -2.28. The molecule has 1 aliphatic heterocycles. The number of carboxylic acids is 1. The molecule has 0 bridgehead atoms. The average Bonchev–Trinajstić information content (AvgIpc) is 3.54. The molecule has 2 aromatic carbocycles. The minimum Gasteiger partial charge on any atom is -0.480 e. The Morgan fingerprint density at radius 3 is 2.37 bits per heavy atom. The molecule has 7 nitrogen and oxygen atoms in total. The van der Waals surface area contributed by atoms with Crippen molar-refractivity contribution in [2.75, 3.05) is 12.4 Å². The number of benzene rings is 2. The Hall–Kier alpha value is -3.00. The van der Waals surface area contributed by atoms with Gasteiger partial charge in [-0.2, -0.15) is 0 Å². The Bertz CT molecular complexity index is 1090. The Labute approximate surface area is 209 Å². The third-order valence-electron chi connectivity index (χ3n) is 7.54. The third-order valence-corrected chi connectivity index (χ3v) is 8.76. The van der Waals surface area contributed by atoms with E-state index in [0.717, 1.165) is 30.4 Å². The molecular weight excluding hydrogens is 464 g/mol. The number of fused-ring (bicyclic) bond motifs is 3. The van der Waals surface area contributed by atoms with Gasteiger partial charge in [-0.1, -0.05) is 55.0 Å². The maximum absolute atomic E-state index is 13.0. The standard InChI is InChI=1S/C27H30N2O5S/c1-16-29(24(15-35-16)26(31)32)25(30)13-17-7-6-12-23(17)28-27(33)34-14-22-20-10-4-2-8-18(20)19-9-3-5-11-21(19)22/h2-5,8-11,16-17,22-24H,6-7,12-15H2,1H3,(H,28,33)(H,31,32)/t16?,17-,23+,24?/m0/s1. The topological polar surface area (TPSA) is 95.9 Å². The zero-order valence-corrected chi connectivity index (χ0v) is 20.5. The molecule has 3 aliphatic rings. The zero-order valence-electron chi connectivity index (χ0n) is 19.7. The van der Waals surface area contributed by atoms with Gasteiger partial charge in [0, 0.05) is 24.1 Å². The van der Waals surface area contributed by atoms with Crippen LogP contribution in [0.2, 0.25) is 0 Å². The summed E-state index contributed by atoms with van der Waals surface area (Å²) in [5.74, 6) is -0.726. The molecular formula is C27H30N2O5S. The molecule has 1 saturated carbocycles. The van der Waals surface area contributed by atoms with Crippen LogP contribution in [0.15, 0.2) is 48.5 Å². The molecule has 1 saturated heterocycles. The van der Waals surface area contributed by atoms with Gasteiger partial charge in [-0.05, 0) is 47.9 Å². The maximum Gasteiger partial charge on any atom is 0.407 e. The average molecular weight is 495 g/mol. The van der Waals surface area contributed by atoms with Gasteiger partial charge in [0.05, 0.1) is 5.37 Å². The zero-order chi connectivity index (χ0) is 24.5. The Balaban J connectivity index is 1.19. The predicted octanol–water partition coefficient (Wildman–Crippen LogP) is 4.46. The summed E-state index contributed by atoms with van der Waals surface area (Å²) < 4.78 is 5.69. The van der Waals surface area contributed by atoms with Gasteiger partial charge in [0.1, 0.15) is 12.6 Å². The van der Waals surface area contributed by atoms with E-state index in [9.17, 15) is 19.5 Å². The summed E-state index contributed by atoms with van der Waals surface area (Å²) in [7, 11) is 0. The minimum absolute atomic E-state index is 0.00351. The van der Waals surface area contributed by atoms with Crippen LogP contribution >= 0.6 is 11.8 Å². The quantitative estimate of drug-likeness (QED) is 0.616. The molecule has 35 heavy (non-hydrogen) atoms. The van der Waals surface area contributed by atoms with Crippen LogP contribution in [0.3, 0.4) is 0 Å². The number of alkyl carbamates (subject to hydrolysis) is 1. The molecule has 2 fully saturated rings. The minimum atomic E-state index is -0.963. The van der Waals surface area contributed by atoms with E-state index in [1.165, 1.54) is 27.8 Å². The van der Waals surface area contributed by atoms with Crippen LogP contribution in [0.1, 0.15) is 49.7 Å². The third kappa shape index (κ3) is 4.63. The molecule has 2 aromatic rings. The fraction of sp³-hybridized carbons (Fsp3) is 0.444. The lowest BCUT2D eigenvalue weighted by molar-refractivity contribution is -0.149. The second-order valence-corrected chi connectivity index (χ2v) is 10.9. The van der Waals surface area contributed by atoms with Crippen molar-refractivity contribution in [2.45, 2.75) is 56.0 Å². The summed E-state index contributed by atoms with van der Waals surface area (Å²) in [5, 5.41) is 12.3. The Morgan fingerprint density at radius 1 is 1.06 bits per heavy atom. The van der Waals surface area contributed by atoms with Crippen LogP contribution in [-0.4, -0.2) is 57.8 Å². The van der Waals surface area contributed by atoms with Gasteiger partial charge in [0.15, 0.2) is 0 Å². The summed E-state index contributed by atoms with van der Waals surface area (Å²) >= 11 is 1.48. The highest BCUT2D eigenvalue weighted by molar-refractivity contribution is 8.00. The first kappa shape index (κ1) is 23.7. The van der Waals surface area contributed by atoms with Crippen LogP contribution in [0.5, 0.6) is 0 Å². The van der Waals surface area contributed by atoms with Gasteiger partial charge < -0.3 is 20.1 Å². The van der Waals surface area contributed by atoms with Gasteiger partial charge >= 0.3 is 12.1 Å². The van der Waals surface area contributed by atoms with E-state index in [1.807, 2.05) is 31.2 Å². The van der Waals surface area contributed by atoms with E-state index in [-0.39, 0.29) is 42.2 Å². The number of thioether (sulfide) groups is 1. The summed E-state index contributed by atoms with van der Waals surface area (Å²) in [6.07, 6.45) is 2.30. The fourth-order valence-electron chi connectivity index (χ4n) is 5.80. The van der Waals surface area contributed by atoms with Crippen molar-refractivity contribution in [1.82, 2.24) is 10.2 Å². The number of hydrogen-bond acceptors (Lipinski definition) is 5. The number of hydrogen-bond donors (Lipinski definition) is 2. The van der Waals surface area contributed by atoms with Gasteiger partial charge in [-0.3, -0.25) is 4.79 Å². The monoisotopic (exact) mass is 494 g/mol. The lowest BCUT2D eigenvalue weighted by atomic mass is 9.98. The molecule has 0 aromatic heterocycles. The maximum atomic E-state index is 13.0. The molecule has 1 heterocycles. The van der Waals surface area contributed by atoms with Crippen molar-refractivity contribution in [2.24, 2.45) is 5.92 Å². The van der Waals surface area contributed by atoms with E-state index < -0.39 is 18.1 Å². The summed E-state index contributed by atoms with van der Waals surface area (Å²) in [4.78, 5) is 38.8. The van der Waals surface area contributed by atoms with Crippen molar-refractivity contribution >= 4 is 29.7 Å². The second kappa shape index (κ2) is 9.93. The van der Waals surface area contributed by atoms with E-state index in [0.29, 0.717) is 5.75 Å². The second-order valence-electron chi connectivity index (χ2n) is 9.56. The van der Waals surface area contributed by atoms with E-state index >= 15 is 0 Å². The Kier molecular flexibility index (Phi) is 6.73. The largest absolute Gasteiger partial charge is 0.480 e. The van der Waals surface area contributed by atoms with E-state index in [4.69, 9.17) is 4.74 Å². The summed E-state index contributed by atoms with van der Waals surface area (Å²) in [5.41, 5.74) is 4.69. The van der Waals surface area contributed by atoms with Gasteiger partial charge in [-0.15, -0.1) is 11.8 Å². The number of ether oxygens (including phenoxy) is 1. The number of carbonyl (C=O) groups is 3. The molecule has 2 amide bonds. The van der Waals surface area contributed by atoms with Crippen LogP contribution < -0.4 is 5.32 Å². The fourth-order valence-corrected chi connectivity index (χ4v) is 6.99. The molecule has 0 spiro atoms.